The summed E-state index contributed by atoms with van der Waals surface area (Å²) in [4.78, 5) is 2.39. The van der Waals surface area contributed by atoms with Crippen LogP contribution in [0.25, 0.3) is 0 Å². The van der Waals surface area contributed by atoms with E-state index >= 15 is 0 Å². The lowest BCUT2D eigenvalue weighted by Crippen LogP contribution is -2.51. The third-order valence-electron chi connectivity index (χ3n) is 4.86. The highest BCUT2D eigenvalue weighted by molar-refractivity contribution is 6.30. The molecule has 0 saturated heterocycles. The number of aliphatic hydroxyl groups excluding tert-OH is 1. The highest BCUT2D eigenvalue weighted by atomic mass is 35.5. The Bertz CT molecular complexity index is 468. The van der Waals surface area contributed by atoms with Gasteiger partial charge in [0.1, 0.15) is 11.9 Å². The summed E-state index contributed by atoms with van der Waals surface area (Å²) in [6.45, 7) is 6.20. The van der Waals surface area contributed by atoms with Crippen LogP contribution in [0.2, 0.25) is 5.02 Å². The fourth-order valence-electron chi connectivity index (χ4n) is 3.81. The van der Waals surface area contributed by atoms with E-state index in [9.17, 15) is 5.11 Å². The van der Waals surface area contributed by atoms with E-state index in [1.165, 1.54) is 0 Å². The van der Waals surface area contributed by atoms with Gasteiger partial charge in [0.2, 0.25) is 0 Å². The Labute approximate surface area is 132 Å². The van der Waals surface area contributed by atoms with Gasteiger partial charge in [-0.25, -0.2) is 0 Å². The molecule has 1 N–H and O–H groups in total. The number of rotatable bonds is 6. The van der Waals surface area contributed by atoms with Crippen LogP contribution < -0.4 is 4.74 Å². The maximum absolute atomic E-state index is 11.2. The van der Waals surface area contributed by atoms with E-state index in [2.05, 4.69) is 18.7 Å². The van der Waals surface area contributed by atoms with Gasteiger partial charge in [-0.1, -0.05) is 38.3 Å². The second-order valence-corrected chi connectivity index (χ2v) is 6.21. The number of hydrogen-bond donors (Lipinski definition) is 1. The zero-order chi connectivity index (χ0) is 15.5. The summed E-state index contributed by atoms with van der Waals surface area (Å²) < 4.78 is 5.44. The van der Waals surface area contributed by atoms with Crippen molar-refractivity contribution < 1.29 is 9.84 Å². The van der Waals surface area contributed by atoms with E-state index in [4.69, 9.17) is 16.3 Å². The maximum Gasteiger partial charge on any atom is 0.124 e. The molecule has 1 aromatic rings. The van der Waals surface area contributed by atoms with Crippen molar-refractivity contribution in [1.29, 1.82) is 0 Å². The highest BCUT2D eigenvalue weighted by Crippen LogP contribution is 2.46. The SMILES string of the molecule is CCN(CC)C1(C(O)c2cc(Cl)ccc2OC)CCCC1. The van der Waals surface area contributed by atoms with E-state index in [-0.39, 0.29) is 5.54 Å². The number of methoxy groups -OCH3 is 1. The summed E-state index contributed by atoms with van der Waals surface area (Å²) in [5.41, 5.74) is 0.611. The number of likely N-dealkylation sites (N-methyl/N-ethyl adjacent to an activating group) is 1. The molecule has 0 amide bonds. The summed E-state index contributed by atoms with van der Waals surface area (Å²) in [6, 6.07) is 5.48. The van der Waals surface area contributed by atoms with Crippen molar-refractivity contribution in [2.45, 2.75) is 51.2 Å². The third kappa shape index (κ3) is 3.05. The number of halogens is 1. The molecule has 1 aliphatic rings. The van der Waals surface area contributed by atoms with E-state index in [0.717, 1.165) is 44.3 Å². The molecule has 0 bridgehead atoms. The number of nitrogens with zero attached hydrogens (tertiary/aromatic N) is 1. The molecular formula is C17H26ClNO2. The second-order valence-electron chi connectivity index (χ2n) is 5.77. The topological polar surface area (TPSA) is 32.7 Å². The highest BCUT2D eigenvalue weighted by Gasteiger charge is 2.45. The summed E-state index contributed by atoms with van der Waals surface area (Å²) in [5.74, 6) is 0.713. The Kier molecular flexibility index (Phi) is 5.53. The summed E-state index contributed by atoms with van der Waals surface area (Å²) in [6.07, 6.45) is 3.79. The van der Waals surface area contributed by atoms with Gasteiger partial charge in [0.15, 0.2) is 0 Å². The van der Waals surface area contributed by atoms with Crippen molar-refractivity contribution in [3.05, 3.63) is 28.8 Å². The Morgan fingerprint density at radius 3 is 2.43 bits per heavy atom. The monoisotopic (exact) mass is 311 g/mol. The standard InChI is InChI=1S/C17H26ClNO2/c1-4-19(5-2)17(10-6-7-11-17)16(20)14-12-13(18)8-9-15(14)21-3/h8-9,12,16,20H,4-7,10-11H2,1-3H3. The smallest absolute Gasteiger partial charge is 0.124 e. The van der Waals surface area contributed by atoms with E-state index in [1.54, 1.807) is 13.2 Å². The Balaban J connectivity index is 2.43. The van der Waals surface area contributed by atoms with E-state index in [0.29, 0.717) is 10.8 Å². The maximum atomic E-state index is 11.2. The van der Waals surface area contributed by atoms with Gasteiger partial charge >= 0.3 is 0 Å². The summed E-state index contributed by atoms with van der Waals surface area (Å²) in [5, 5.41) is 11.8. The molecule has 0 radical (unpaired) electrons. The van der Waals surface area contributed by atoms with Crippen molar-refractivity contribution in [2.24, 2.45) is 0 Å². The lowest BCUT2D eigenvalue weighted by molar-refractivity contribution is -0.0278. The van der Waals surface area contributed by atoms with E-state index in [1.807, 2.05) is 12.1 Å². The van der Waals surface area contributed by atoms with Crippen molar-refractivity contribution in [3.8, 4) is 5.75 Å². The van der Waals surface area contributed by atoms with Crippen LogP contribution in [0.3, 0.4) is 0 Å². The number of benzene rings is 1. The largest absolute Gasteiger partial charge is 0.496 e. The molecule has 1 atom stereocenters. The summed E-state index contributed by atoms with van der Waals surface area (Å²) in [7, 11) is 1.64. The molecule has 1 unspecified atom stereocenters. The minimum atomic E-state index is -0.575. The fraction of sp³-hybridized carbons (Fsp3) is 0.647. The van der Waals surface area contributed by atoms with Crippen molar-refractivity contribution in [3.63, 3.8) is 0 Å². The molecule has 21 heavy (non-hydrogen) atoms. The average molecular weight is 312 g/mol. The Hall–Kier alpha value is -0.770. The molecule has 0 aromatic heterocycles. The lowest BCUT2D eigenvalue weighted by Gasteiger charge is -2.44. The molecular weight excluding hydrogens is 286 g/mol. The Morgan fingerprint density at radius 1 is 1.29 bits per heavy atom. The van der Waals surface area contributed by atoms with Gasteiger partial charge < -0.3 is 9.84 Å². The molecule has 1 fully saturated rings. The molecule has 0 spiro atoms. The number of hydrogen-bond acceptors (Lipinski definition) is 3. The molecule has 2 rings (SSSR count). The van der Waals surface area contributed by atoms with Crippen molar-refractivity contribution in [2.75, 3.05) is 20.2 Å². The first-order chi connectivity index (χ1) is 10.1. The average Bonchev–Trinajstić information content (AvgIpc) is 2.98. The van der Waals surface area contributed by atoms with Gasteiger partial charge in [0.05, 0.1) is 12.6 Å². The molecule has 1 aromatic carbocycles. The Morgan fingerprint density at radius 2 is 1.90 bits per heavy atom. The molecule has 1 aliphatic carbocycles. The fourth-order valence-corrected chi connectivity index (χ4v) is 3.99. The van der Waals surface area contributed by atoms with Gasteiger partial charge in [-0.15, -0.1) is 0 Å². The van der Waals surface area contributed by atoms with E-state index < -0.39 is 6.10 Å². The molecule has 118 valence electrons. The van der Waals surface area contributed by atoms with Gasteiger partial charge in [-0.05, 0) is 44.1 Å². The minimum Gasteiger partial charge on any atom is -0.496 e. The zero-order valence-corrected chi connectivity index (χ0v) is 14.0. The van der Waals surface area contributed by atoms with Crippen LogP contribution in [0.1, 0.15) is 51.2 Å². The molecule has 4 heteroatoms. The van der Waals surface area contributed by atoms with Crippen LogP contribution >= 0.6 is 11.6 Å². The van der Waals surface area contributed by atoms with Gasteiger partial charge in [-0.2, -0.15) is 0 Å². The predicted molar refractivity (Wildman–Crippen MR) is 87.1 cm³/mol. The lowest BCUT2D eigenvalue weighted by atomic mass is 9.83. The van der Waals surface area contributed by atoms with Gasteiger partial charge in [0.25, 0.3) is 0 Å². The van der Waals surface area contributed by atoms with Crippen molar-refractivity contribution in [1.82, 2.24) is 4.90 Å². The van der Waals surface area contributed by atoms with Crippen LogP contribution in [0.4, 0.5) is 0 Å². The normalized spacial score (nSPS) is 19.0. The first kappa shape index (κ1) is 16.6. The predicted octanol–water partition coefficient (Wildman–Crippen LogP) is 4.04. The van der Waals surface area contributed by atoms with Crippen LogP contribution in [0.5, 0.6) is 5.75 Å². The minimum absolute atomic E-state index is 0.193. The first-order valence-electron chi connectivity index (χ1n) is 7.85. The molecule has 1 saturated carbocycles. The van der Waals surface area contributed by atoms with Crippen LogP contribution in [-0.2, 0) is 0 Å². The van der Waals surface area contributed by atoms with Gasteiger partial charge in [0, 0.05) is 10.6 Å². The zero-order valence-electron chi connectivity index (χ0n) is 13.2. The second kappa shape index (κ2) is 6.99. The van der Waals surface area contributed by atoms with Crippen LogP contribution in [-0.4, -0.2) is 35.7 Å². The summed E-state index contributed by atoms with van der Waals surface area (Å²) >= 11 is 6.14. The first-order valence-corrected chi connectivity index (χ1v) is 8.23. The van der Waals surface area contributed by atoms with Gasteiger partial charge in [-0.3, -0.25) is 4.90 Å². The van der Waals surface area contributed by atoms with Crippen LogP contribution in [0, 0.1) is 0 Å². The number of ether oxygens (including phenoxy) is 1. The van der Waals surface area contributed by atoms with Crippen LogP contribution in [0.15, 0.2) is 18.2 Å². The van der Waals surface area contributed by atoms with Crippen molar-refractivity contribution >= 4 is 11.6 Å². The number of aliphatic hydroxyl groups is 1. The molecule has 0 heterocycles. The molecule has 3 nitrogen and oxygen atoms in total. The third-order valence-corrected chi connectivity index (χ3v) is 5.09. The molecule has 0 aliphatic heterocycles. The quantitative estimate of drug-likeness (QED) is 0.860.